The third-order valence-electron chi connectivity index (χ3n) is 3.41. The molecule has 1 N–H and O–H groups in total. The molecule has 1 aliphatic heterocycles. The molecule has 0 unspecified atom stereocenters. The van der Waals surface area contributed by atoms with E-state index in [4.69, 9.17) is 4.52 Å². The molecule has 1 aromatic rings. The molecule has 1 saturated heterocycles. The summed E-state index contributed by atoms with van der Waals surface area (Å²) < 4.78 is 5.28. The SMILES string of the molecule is CC(C)(C)NC(=O)[C@@H]1CSCN1C(=O)c1cc(C(C)(C)C)on1. The number of hydrogen-bond donors (Lipinski definition) is 1. The second kappa shape index (κ2) is 6.19. The predicted molar refractivity (Wildman–Crippen MR) is 90.4 cm³/mol. The normalized spacial score (nSPS) is 19.0. The molecule has 1 aromatic heterocycles. The van der Waals surface area contributed by atoms with E-state index in [2.05, 4.69) is 10.5 Å². The number of nitrogens with zero attached hydrogens (tertiary/aromatic N) is 2. The highest BCUT2D eigenvalue weighted by molar-refractivity contribution is 7.99. The van der Waals surface area contributed by atoms with Gasteiger partial charge in [-0.3, -0.25) is 9.59 Å². The van der Waals surface area contributed by atoms with Crippen molar-refractivity contribution in [3.05, 3.63) is 17.5 Å². The molecule has 2 heterocycles. The fourth-order valence-electron chi connectivity index (χ4n) is 2.19. The van der Waals surface area contributed by atoms with Gasteiger partial charge in [-0.2, -0.15) is 0 Å². The van der Waals surface area contributed by atoms with Crippen LogP contribution in [-0.4, -0.2) is 45.1 Å². The van der Waals surface area contributed by atoms with Gasteiger partial charge < -0.3 is 14.7 Å². The van der Waals surface area contributed by atoms with Gasteiger partial charge in [-0.1, -0.05) is 25.9 Å². The molecule has 0 spiro atoms. The van der Waals surface area contributed by atoms with E-state index >= 15 is 0 Å². The maximum absolute atomic E-state index is 12.7. The summed E-state index contributed by atoms with van der Waals surface area (Å²) in [6, 6.07) is 1.20. The standard InChI is InChI=1S/C16H25N3O3S/c1-15(2,3)12-7-10(18-22-12)14(21)19-9-23-8-11(19)13(20)17-16(4,5)6/h7,11H,8-9H2,1-6H3,(H,17,20)/t11-/m0/s1. The van der Waals surface area contributed by atoms with E-state index in [1.807, 2.05) is 41.5 Å². The smallest absolute Gasteiger partial charge is 0.277 e. The minimum Gasteiger partial charge on any atom is -0.360 e. The van der Waals surface area contributed by atoms with Crippen LogP contribution in [0, 0.1) is 0 Å². The van der Waals surface area contributed by atoms with Crippen LogP contribution in [0.5, 0.6) is 0 Å². The van der Waals surface area contributed by atoms with Gasteiger partial charge in [0.1, 0.15) is 11.8 Å². The summed E-state index contributed by atoms with van der Waals surface area (Å²) in [7, 11) is 0. The van der Waals surface area contributed by atoms with E-state index in [9.17, 15) is 9.59 Å². The van der Waals surface area contributed by atoms with Gasteiger partial charge in [0.05, 0.1) is 5.88 Å². The third-order valence-corrected chi connectivity index (χ3v) is 4.42. The third kappa shape index (κ3) is 4.28. The number of carbonyl (C=O) groups excluding carboxylic acids is 2. The quantitative estimate of drug-likeness (QED) is 0.895. The van der Waals surface area contributed by atoms with Crippen LogP contribution in [-0.2, 0) is 10.2 Å². The molecule has 0 aromatic carbocycles. The number of nitrogens with one attached hydrogen (secondary N) is 1. The maximum Gasteiger partial charge on any atom is 0.277 e. The number of amides is 2. The molecular formula is C16H25N3O3S. The van der Waals surface area contributed by atoms with E-state index in [1.165, 1.54) is 0 Å². The van der Waals surface area contributed by atoms with Gasteiger partial charge in [0, 0.05) is 22.8 Å². The summed E-state index contributed by atoms with van der Waals surface area (Å²) in [5.41, 5.74) is -0.285. The molecular weight excluding hydrogens is 314 g/mol. The number of aromatic nitrogens is 1. The molecule has 0 saturated carbocycles. The number of hydrogen-bond acceptors (Lipinski definition) is 5. The van der Waals surface area contributed by atoms with Crippen molar-refractivity contribution in [2.24, 2.45) is 0 Å². The van der Waals surface area contributed by atoms with Crippen molar-refractivity contribution < 1.29 is 14.1 Å². The summed E-state index contributed by atoms with van der Waals surface area (Å²) in [4.78, 5) is 26.7. The van der Waals surface area contributed by atoms with E-state index in [-0.39, 0.29) is 28.5 Å². The molecule has 7 heteroatoms. The highest BCUT2D eigenvalue weighted by Gasteiger charge is 2.37. The lowest BCUT2D eigenvalue weighted by Gasteiger charge is -2.27. The lowest BCUT2D eigenvalue weighted by Crippen LogP contribution is -2.52. The van der Waals surface area contributed by atoms with Crippen molar-refractivity contribution in [1.29, 1.82) is 0 Å². The molecule has 0 aliphatic carbocycles. The lowest BCUT2D eigenvalue weighted by atomic mass is 9.93. The molecule has 1 aliphatic rings. The Labute approximate surface area is 141 Å². The Kier molecular flexibility index (Phi) is 4.80. The fraction of sp³-hybridized carbons (Fsp3) is 0.688. The average molecular weight is 339 g/mol. The molecule has 0 radical (unpaired) electrons. The van der Waals surface area contributed by atoms with E-state index in [0.717, 1.165) is 0 Å². The van der Waals surface area contributed by atoms with Gasteiger partial charge in [0.25, 0.3) is 5.91 Å². The maximum atomic E-state index is 12.7. The molecule has 6 nitrogen and oxygen atoms in total. The highest BCUT2D eigenvalue weighted by Crippen LogP contribution is 2.26. The van der Waals surface area contributed by atoms with E-state index in [0.29, 0.717) is 17.4 Å². The Morgan fingerprint density at radius 1 is 1.30 bits per heavy atom. The van der Waals surface area contributed by atoms with Gasteiger partial charge in [-0.25, -0.2) is 0 Å². The first-order valence-electron chi connectivity index (χ1n) is 7.67. The van der Waals surface area contributed by atoms with Gasteiger partial charge in [0.2, 0.25) is 5.91 Å². The van der Waals surface area contributed by atoms with Crippen molar-refractivity contribution in [3.63, 3.8) is 0 Å². The van der Waals surface area contributed by atoms with Crippen molar-refractivity contribution in [3.8, 4) is 0 Å². The molecule has 1 fully saturated rings. The van der Waals surface area contributed by atoms with Gasteiger partial charge >= 0.3 is 0 Å². The molecule has 0 bridgehead atoms. The monoisotopic (exact) mass is 339 g/mol. The Morgan fingerprint density at radius 3 is 2.48 bits per heavy atom. The summed E-state index contributed by atoms with van der Waals surface area (Å²) in [6.07, 6.45) is 0. The molecule has 1 atom stereocenters. The molecule has 2 rings (SSSR count). The van der Waals surface area contributed by atoms with Gasteiger partial charge in [-0.05, 0) is 20.8 Å². The zero-order valence-corrected chi connectivity index (χ0v) is 15.4. The van der Waals surface area contributed by atoms with Crippen LogP contribution >= 0.6 is 11.8 Å². The van der Waals surface area contributed by atoms with Gasteiger partial charge in [0.15, 0.2) is 5.69 Å². The first kappa shape index (κ1) is 17.8. The lowest BCUT2D eigenvalue weighted by molar-refractivity contribution is -0.125. The first-order chi connectivity index (χ1) is 10.5. The largest absolute Gasteiger partial charge is 0.360 e. The zero-order chi connectivity index (χ0) is 17.4. The van der Waals surface area contributed by atoms with Crippen molar-refractivity contribution >= 4 is 23.6 Å². The summed E-state index contributed by atoms with van der Waals surface area (Å²) >= 11 is 1.57. The van der Waals surface area contributed by atoms with E-state index < -0.39 is 6.04 Å². The fourth-order valence-corrected chi connectivity index (χ4v) is 3.34. The van der Waals surface area contributed by atoms with Crippen molar-refractivity contribution in [1.82, 2.24) is 15.4 Å². The molecule has 128 valence electrons. The number of rotatable bonds is 2. The Hall–Kier alpha value is -1.50. The molecule has 23 heavy (non-hydrogen) atoms. The minimum absolute atomic E-state index is 0.129. The van der Waals surface area contributed by atoms with Crippen LogP contribution < -0.4 is 5.32 Å². The Balaban J connectivity index is 2.15. The summed E-state index contributed by atoms with van der Waals surface area (Å²) in [5.74, 6) is 1.35. The Bertz CT molecular complexity index is 598. The van der Waals surface area contributed by atoms with Crippen molar-refractivity contribution in [2.45, 2.75) is 58.5 Å². The van der Waals surface area contributed by atoms with Crippen LogP contribution in [0.1, 0.15) is 57.8 Å². The van der Waals surface area contributed by atoms with Crippen LogP contribution in [0.2, 0.25) is 0 Å². The van der Waals surface area contributed by atoms with Crippen molar-refractivity contribution in [2.75, 3.05) is 11.6 Å². The highest BCUT2D eigenvalue weighted by atomic mass is 32.2. The van der Waals surface area contributed by atoms with Crippen LogP contribution in [0.25, 0.3) is 0 Å². The topological polar surface area (TPSA) is 75.4 Å². The Morgan fingerprint density at radius 2 is 1.96 bits per heavy atom. The summed E-state index contributed by atoms with van der Waals surface area (Å²) in [5, 5.41) is 6.83. The average Bonchev–Trinajstić information content (AvgIpc) is 3.04. The number of carbonyl (C=O) groups is 2. The van der Waals surface area contributed by atoms with Gasteiger partial charge in [-0.15, -0.1) is 11.8 Å². The second-order valence-electron chi connectivity index (χ2n) is 7.86. The minimum atomic E-state index is -0.471. The zero-order valence-electron chi connectivity index (χ0n) is 14.6. The number of thioether (sulfide) groups is 1. The van der Waals surface area contributed by atoms with Crippen LogP contribution in [0.3, 0.4) is 0 Å². The summed E-state index contributed by atoms with van der Waals surface area (Å²) in [6.45, 7) is 11.7. The predicted octanol–water partition coefficient (Wildman–Crippen LogP) is 2.40. The second-order valence-corrected chi connectivity index (χ2v) is 8.86. The molecule has 2 amide bonds. The first-order valence-corrected chi connectivity index (χ1v) is 8.82. The van der Waals surface area contributed by atoms with E-state index in [1.54, 1.807) is 22.7 Å². The van der Waals surface area contributed by atoms with Crippen LogP contribution in [0.15, 0.2) is 10.6 Å². The van der Waals surface area contributed by atoms with Crippen LogP contribution in [0.4, 0.5) is 0 Å².